The fourth-order valence-corrected chi connectivity index (χ4v) is 1.44. The number of carbonyl (C=O) groups is 1. The Morgan fingerprint density at radius 1 is 1.50 bits per heavy atom. The Hall–Kier alpha value is -1.71. The van der Waals surface area contributed by atoms with Crippen molar-refractivity contribution in [2.75, 3.05) is 23.8 Å². The molecule has 4 nitrogen and oxygen atoms in total. The molecule has 4 heteroatoms. The molecule has 1 aliphatic rings. The first kappa shape index (κ1) is 8.87. The number of hydrogen-bond acceptors (Lipinski definition) is 3. The second-order valence-electron chi connectivity index (χ2n) is 3.01. The predicted molar refractivity (Wildman–Crippen MR) is 54.7 cm³/mol. The quantitative estimate of drug-likeness (QED) is 0.745. The molecular formula is C10H12N2O2. The molecule has 1 aromatic carbocycles. The van der Waals surface area contributed by atoms with Gasteiger partial charge in [-0.25, -0.2) is 0 Å². The van der Waals surface area contributed by atoms with Crippen molar-refractivity contribution in [2.45, 2.75) is 6.92 Å². The minimum atomic E-state index is -0.0374. The van der Waals surface area contributed by atoms with E-state index in [9.17, 15) is 4.79 Å². The summed E-state index contributed by atoms with van der Waals surface area (Å²) in [6.45, 7) is 2.83. The third-order valence-electron chi connectivity index (χ3n) is 2.03. The van der Waals surface area contributed by atoms with Crippen molar-refractivity contribution in [3.63, 3.8) is 0 Å². The molecule has 0 unspecified atom stereocenters. The maximum Gasteiger partial charge on any atom is 0.243 e. The Morgan fingerprint density at radius 3 is 3.14 bits per heavy atom. The van der Waals surface area contributed by atoms with Crippen molar-refractivity contribution in [1.29, 1.82) is 0 Å². The lowest BCUT2D eigenvalue weighted by atomic mass is 10.2. The smallest absolute Gasteiger partial charge is 0.243 e. The van der Waals surface area contributed by atoms with E-state index in [4.69, 9.17) is 4.74 Å². The van der Waals surface area contributed by atoms with Gasteiger partial charge in [0.05, 0.1) is 18.8 Å². The summed E-state index contributed by atoms with van der Waals surface area (Å²) in [7, 11) is 0. The van der Waals surface area contributed by atoms with Crippen molar-refractivity contribution >= 4 is 17.3 Å². The Labute approximate surface area is 82.3 Å². The van der Waals surface area contributed by atoms with Crippen LogP contribution in [0.4, 0.5) is 11.4 Å². The summed E-state index contributed by atoms with van der Waals surface area (Å²) in [6, 6.07) is 5.65. The summed E-state index contributed by atoms with van der Waals surface area (Å²) in [5, 5.41) is 5.81. The molecule has 14 heavy (non-hydrogen) atoms. The van der Waals surface area contributed by atoms with Gasteiger partial charge in [0, 0.05) is 0 Å². The highest BCUT2D eigenvalue weighted by molar-refractivity contribution is 6.02. The number of nitrogens with one attached hydrogen (secondary N) is 2. The minimum Gasteiger partial charge on any atom is -0.492 e. The molecule has 2 rings (SSSR count). The molecule has 0 aromatic heterocycles. The largest absolute Gasteiger partial charge is 0.492 e. The first-order valence-corrected chi connectivity index (χ1v) is 4.61. The van der Waals surface area contributed by atoms with E-state index in [1.165, 1.54) is 0 Å². The second kappa shape index (κ2) is 3.57. The van der Waals surface area contributed by atoms with E-state index < -0.39 is 0 Å². The van der Waals surface area contributed by atoms with E-state index in [0.29, 0.717) is 18.9 Å². The van der Waals surface area contributed by atoms with Crippen molar-refractivity contribution in [2.24, 2.45) is 0 Å². The molecule has 0 bridgehead atoms. The number of benzene rings is 1. The monoisotopic (exact) mass is 192 g/mol. The third-order valence-corrected chi connectivity index (χ3v) is 2.03. The molecule has 0 saturated carbocycles. The number of rotatable bonds is 2. The van der Waals surface area contributed by atoms with Gasteiger partial charge in [-0.3, -0.25) is 4.79 Å². The van der Waals surface area contributed by atoms with Crippen LogP contribution in [0.1, 0.15) is 6.92 Å². The van der Waals surface area contributed by atoms with E-state index in [0.717, 1.165) is 11.4 Å². The van der Waals surface area contributed by atoms with E-state index in [2.05, 4.69) is 10.6 Å². The van der Waals surface area contributed by atoms with Crippen LogP contribution in [-0.4, -0.2) is 19.1 Å². The van der Waals surface area contributed by atoms with Gasteiger partial charge in [-0.2, -0.15) is 0 Å². The van der Waals surface area contributed by atoms with Crippen LogP contribution >= 0.6 is 0 Å². The van der Waals surface area contributed by atoms with Crippen LogP contribution in [0, 0.1) is 0 Å². The van der Waals surface area contributed by atoms with Crippen LogP contribution in [0.15, 0.2) is 18.2 Å². The van der Waals surface area contributed by atoms with Crippen LogP contribution in [0.2, 0.25) is 0 Å². The summed E-state index contributed by atoms with van der Waals surface area (Å²) in [4.78, 5) is 11.2. The zero-order chi connectivity index (χ0) is 9.97. The Balaban J connectivity index is 2.38. The number of hydrogen-bond donors (Lipinski definition) is 2. The van der Waals surface area contributed by atoms with Gasteiger partial charge < -0.3 is 15.4 Å². The molecule has 0 saturated heterocycles. The van der Waals surface area contributed by atoms with Gasteiger partial charge in [0.25, 0.3) is 0 Å². The van der Waals surface area contributed by atoms with Crippen LogP contribution in [-0.2, 0) is 4.79 Å². The Kier molecular flexibility index (Phi) is 2.26. The first-order valence-electron chi connectivity index (χ1n) is 4.61. The number of para-hydroxylation sites is 1. The van der Waals surface area contributed by atoms with Crippen LogP contribution < -0.4 is 15.4 Å². The highest BCUT2D eigenvalue weighted by Gasteiger charge is 2.17. The van der Waals surface area contributed by atoms with E-state index >= 15 is 0 Å². The van der Waals surface area contributed by atoms with E-state index in [-0.39, 0.29) is 5.91 Å². The topological polar surface area (TPSA) is 50.4 Å². The standard InChI is InChI=1S/C10H12N2O2/c1-2-14-8-5-3-4-7-10(8)12-9(13)6-11-7/h3-5,11H,2,6H2,1H3,(H,12,13). The molecule has 0 radical (unpaired) electrons. The lowest BCUT2D eigenvalue weighted by Gasteiger charge is -2.21. The summed E-state index contributed by atoms with van der Waals surface area (Å²) < 4.78 is 5.40. The zero-order valence-corrected chi connectivity index (χ0v) is 7.96. The van der Waals surface area contributed by atoms with Crippen LogP contribution in [0.5, 0.6) is 5.75 Å². The lowest BCUT2D eigenvalue weighted by molar-refractivity contribution is -0.114. The van der Waals surface area contributed by atoms with Gasteiger partial charge in [0.2, 0.25) is 5.91 Å². The second-order valence-corrected chi connectivity index (χ2v) is 3.01. The molecule has 1 heterocycles. The average molecular weight is 192 g/mol. The van der Waals surface area contributed by atoms with Gasteiger partial charge in [0.15, 0.2) is 0 Å². The number of fused-ring (bicyclic) bond motifs is 1. The molecule has 1 aliphatic heterocycles. The third kappa shape index (κ3) is 1.51. The van der Waals surface area contributed by atoms with Gasteiger partial charge >= 0.3 is 0 Å². The molecule has 2 N–H and O–H groups in total. The zero-order valence-electron chi connectivity index (χ0n) is 7.96. The molecule has 0 aliphatic carbocycles. The maximum absolute atomic E-state index is 11.2. The first-order chi connectivity index (χ1) is 6.81. The predicted octanol–water partition coefficient (Wildman–Crippen LogP) is 1.45. The molecule has 74 valence electrons. The highest BCUT2D eigenvalue weighted by atomic mass is 16.5. The van der Waals surface area contributed by atoms with Crippen LogP contribution in [0.3, 0.4) is 0 Å². The van der Waals surface area contributed by atoms with Gasteiger partial charge in [-0.15, -0.1) is 0 Å². The van der Waals surface area contributed by atoms with Gasteiger partial charge in [0.1, 0.15) is 11.4 Å². The highest BCUT2D eigenvalue weighted by Crippen LogP contribution is 2.34. The van der Waals surface area contributed by atoms with Crippen molar-refractivity contribution < 1.29 is 9.53 Å². The number of amides is 1. The molecule has 1 amide bonds. The normalized spacial score (nSPS) is 13.9. The Bertz CT molecular complexity index is 363. The van der Waals surface area contributed by atoms with Crippen LogP contribution in [0.25, 0.3) is 0 Å². The molecule has 1 aromatic rings. The number of anilines is 2. The summed E-state index contributed by atoms with van der Waals surface area (Å²) in [5.41, 5.74) is 1.65. The molecule has 0 atom stereocenters. The number of ether oxygens (including phenoxy) is 1. The summed E-state index contributed by atoms with van der Waals surface area (Å²) >= 11 is 0. The maximum atomic E-state index is 11.2. The van der Waals surface area contributed by atoms with Crippen molar-refractivity contribution in [3.05, 3.63) is 18.2 Å². The number of carbonyl (C=O) groups excluding carboxylic acids is 1. The minimum absolute atomic E-state index is 0.0374. The molecule has 0 spiro atoms. The lowest BCUT2D eigenvalue weighted by Crippen LogP contribution is -2.27. The van der Waals surface area contributed by atoms with Crippen molar-refractivity contribution in [1.82, 2.24) is 0 Å². The Morgan fingerprint density at radius 2 is 2.36 bits per heavy atom. The fourth-order valence-electron chi connectivity index (χ4n) is 1.44. The van der Waals surface area contributed by atoms with Crippen molar-refractivity contribution in [3.8, 4) is 5.75 Å². The van der Waals surface area contributed by atoms with Gasteiger partial charge in [-0.1, -0.05) is 6.07 Å². The van der Waals surface area contributed by atoms with E-state index in [1.807, 2.05) is 25.1 Å². The molecule has 0 fully saturated rings. The average Bonchev–Trinajstić information content (AvgIpc) is 2.19. The summed E-state index contributed by atoms with van der Waals surface area (Å²) in [6.07, 6.45) is 0. The SMILES string of the molecule is CCOc1cccc2c1NC(=O)CN2. The summed E-state index contributed by atoms with van der Waals surface area (Å²) in [5.74, 6) is 0.676. The van der Waals surface area contributed by atoms with Gasteiger partial charge in [-0.05, 0) is 19.1 Å². The molecular weight excluding hydrogens is 180 g/mol. The fraction of sp³-hybridized carbons (Fsp3) is 0.300. The van der Waals surface area contributed by atoms with E-state index in [1.54, 1.807) is 0 Å².